The molecule has 0 saturated heterocycles. The van der Waals surface area contributed by atoms with Gasteiger partial charge < -0.3 is 5.32 Å². The van der Waals surface area contributed by atoms with Gasteiger partial charge in [0.05, 0.1) is 0 Å². The van der Waals surface area contributed by atoms with E-state index in [1.807, 2.05) is 43.4 Å². The zero-order chi connectivity index (χ0) is 13.7. The highest BCUT2D eigenvalue weighted by molar-refractivity contribution is 7.99. The van der Waals surface area contributed by atoms with Crippen LogP contribution in [-0.2, 0) is 0 Å². The minimum Gasteiger partial charge on any atom is -0.312 e. The van der Waals surface area contributed by atoms with Crippen molar-refractivity contribution in [2.45, 2.75) is 10.9 Å². The Kier molecular flexibility index (Phi) is 5.25. The number of hydrogen-bond donors (Lipinski definition) is 1. The summed E-state index contributed by atoms with van der Waals surface area (Å²) >= 11 is 7.60. The molecule has 1 unspecified atom stereocenters. The van der Waals surface area contributed by atoms with E-state index >= 15 is 0 Å². The van der Waals surface area contributed by atoms with E-state index in [0.29, 0.717) is 5.56 Å². The summed E-state index contributed by atoms with van der Waals surface area (Å²) in [4.78, 5) is 1.09. The molecule has 0 aliphatic rings. The summed E-state index contributed by atoms with van der Waals surface area (Å²) in [5, 5.41) is 3.87. The zero-order valence-corrected chi connectivity index (χ0v) is 12.1. The minimum absolute atomic E-state index is 0.0230. The van der Waals surface area contributed by atoms with Crippen molar-refractivity contribution in [2.24, 2.45) is 0 Å². The number of benzene rings is 2. The zero-order valence-electron chi connectivity index (χ0n) is 10.6. The number of hydrogen-bond acceptors (Lipinski definition) is 2. The van der Waals surface area contributed by atoms with Gasteiger partial charge in [0, 0.05) is 27.3 Å². The lowest BCUT2D eigenvalue weighted by Gasteiger charge is -2.17. The van der Waals surface area contributed by atoms with Gasteiger partial charge in [-0.2, -0.15) is 0 Å². The van der Waals surface area contributed by atoms with Gasteiger partial charge in [0.1, 0.15) is 5.82 Å². The molecule has 19 heavy (non-hydrogen) atoms. The number of rotatable bonds is 5. The van der Waals surface area contributed by atoms with Crippen molar-refractivity contribution in [1.82, 2.24) is 5.32 Å². The molecule has 0 bridgehead atoms. The van der Waals surface area contributed by atoms with Crippen LogP contribution in [0.5, 0.6) is 0 Å². The predicted octanol–water partition coefficient (Wildman–Crippen LogP) is 4.53. The van der Waals surface area contributed by atoms with E-state index in [2.05, 4.69) is 5.32 Å². The van der Waals surface area contributed by atoms with Crippen LogP contribution in [0.3, 0.4) is 0 Å². The topological polar surface area (TPSA) is 12.0 Å². The first-order chi connectivity index (χ1) is 9.20. The molecule has 2 rings (SSSR count). The first-order valence-corrected chi connectivity index (χ1v) is 7.37. The molecule has 0 aliphatic heterocycles. The SMILES string of the molecule is CNC(CSc1cccc(Cl)c1)c1ccccc1F. The summed E-state index contributed by atoms with van der Waals surface area (Å²) in [5.74, 6) is 0.575. The van der Waals surface area contributed by atoms with Crippen LogP contribution in [0.1, 0.15) is 11.6 Å². The molecule has 0 aromatic heterocycles. The molecule has 2 aromatic rings. The highest BCUT2D eigenvalue weighted by Crippen LogP contribution is 2.27. The molecule has 100 valence electrons. The Bertz CT molecular complexity index is 547. The maximum atomic E-state index is 13.7. The highest BCUT2D eigenvalue weighted by Gasteiger charge is 2.13. The molecule has 0 amide bonds. The van der Waals surface area contributed by atoms with Gasteiger partial charge in [-0.1, -0.05) is 35.9 Å². The van der Waals surface area contributed by atoms with E-state index in [1.54, 1.807) is 17.8 Å². The van der Waals surface area contributed by atoms with Gasteiger partial charge in [-0.25, -0.2) is 4.39 Å². The van der Waals surface area contributed by atoms with Crippen LogP contribution in [0.4, 0.5) is 4.39 Å². The molecule has 1 N–H and O–H groups in total. The largest absolute Gasteiger partial charge is 0.312 e. The Labute approximate surface area is 122 Å². The smallest absolute Gasteiger partial charge is 0.128 e. The van der Waals surface area contributed by atoms with Crippen LogP contribution in [0.25, 0.3) is 0 Å². The Morgan fingerprint density at radius 1 is 1.21 bits per heavy atom. The summed E-state index contributed by atoms with van der Waals surface area (Å²) in [5.41, 5.74) is 0.694. The summed E-state index contributed by atoms with van der Waals surface area (Å²) < 4.78 is 13.7. The summed E-state index contributed by atoms with van der Waals surface area (Å²) in [6.45, 7) is 0. The van der Waals surface area contributed by atoms with Crippen LogP contribution in [-0.4, -0.2) is 12.8 Å². The molecule has 4 heteroatoms. The van der Waals surface area contributed by atoms with Crippen molar-refractivity contribution in [3.05, 3.63) is 64.9 Å². The van der Waals surface area contributed by atoms with E-state index in [-0.39, 0.29) is 11.9 Å². The Hall–Kier alpha value is -1.03. The molecule has 0 heterocycles. The monoisotopic (exact) mass is 295 g/mol. The normalized spacial score (nSPS) is 12.4. The van der Waals surface area contributed by atoms with E-state index < -0.39 is 0 Å². The van der Waals surface area contributed by atoms with Crippen molar-refractivity contribution in [1.29, 1.82) is 0 Å². The van der Waals surface area contributed by atoms with E-state index in [4.69, 9.17) is 11.6 Å². The standard InChI is InChI=1S/C15H15ClFNS/c1-18-15(13-7-2-3-8-14(13)17)10-19-12-6-4-5-11(16)9-12/h2-9,15,18H,10H2,1H3. The van der Waals surface area contributed by atoms with Crippen molar-refractivity contribution >= 4 is 23.4 Å². The average Bonchev–Trinajstić information content (AvgIpc) is 2.41. The molecule has 0 fully saturated rings. The maximum Gasteiger partial charge on any atom is 0.128 e. The molecule has 0 aliphatic carbocycles. The van der Waals surface area contributed by atoms with E-state index in [1.165, 1.54) is 6.07 Å². The maximum absolute atomic E-state index is 13.7. The first-order valence-electron chi connectivity index (χ1n) is 6.01. The van der Waals surface area contributed by atoms with E-state index in [0.717, 1.165) is 15.7 Å². The highest BCUT2D eigenvalue weighted by atomic mass is 35.5. The number of halogens is 2. The number of thioether (sulfide) groups is 1. The molecule has 1 nitrogen and oxygen atoms in total. The summed E-state index contributed by atoms with van der Waals surface area (Å²) in [7, 11) is 1.84. The lowest BCUT2D eigenvalue weighted by atomic mass is 10.1. The Morgan fingerprint density at radius 2 is 2.00 bits per heavy atom. The first kappa shape index (κ1) is 14.4. The van der Waals surface area contributed by atoms with Crippen LogP contribution >= 0.6 is 23.4 Å². The summed E-state index contributed by atoms with van der Waals surface area (Å²) in [6, 6.07) is 14.5. The number of nitrogens with one attached hydrogen (secondary N) is 1. The predicted molar refractivity (Wildman–Crippen MR) is 80.4 cm³/mol. The second kappa shape index (κ2) is 6.94. The molecular formula is C15H15ClFNS. The van der Waals surface area contributed by atoms with Crippen molar-refractivity contribution in [3.63, 3.8) is 0 Å². The quantitative estimate of drug-likeness (QED) is 0.813. The van der Waals surface area contributed by atoms with Crippen LogP contribution in [0, 0.1) is 5.82 Å². The third-order valence-corrected chi connectivity index (χ3v) is 4.16. The molecule has 0 radical (unpaired) electrons. The average molecular weight is 296 g/mol. The van der Waals surface area contributed by atoms with Gasteiger partial charge >= 0.3 is 0 Å². The minimum atomic E-state index is -0.173. The van der Waals surface area contributed by atoms with Gasteiger partial charge in [-0.05, 0) is 31.3 Å². The fourth-order valence-corrected chi connectivity index (χ4v) is 3.17. The van der Waals surface area contributed by atoms with Gasteiger partial charge in [0.15, 0.2) is 0 Å². The lowest BCUT2D eigenvalue weighted by Crippen LogP contribution is -2.19. The van der Waals surface area contributed by atoms with Crippen molar-refractivity contribution in [3.8, 4) is 0 Å². The summed E-state index contributed by atoms with van der Waals surface area (Å²) in [6.07, 6.45) is 0. The van der Waals surface area contributed by atoms with Crippen LogP contribution in [0.15, 0.2) is 53.4 Å². The molecule has 0 saturated carbocycles. The second-order valence-electron chi connectivity index (χ2n) is 4.13. The molecule has 1 atom stereocenters. The van der Waals surface area contributed by atoms with Crippen molar-refractivity contribution in [2.75, 3.05) is 12.8 Å². The second-order valence-corrected chi connectivity index (χ2v) is 5.66. The van der Waals surface area contributed by atoms with Gasteiger partial charge in [-0.15, -0.1) is 11.8 Å². The Morgan fingerprint density at radius 3 is 2.68 bits per heavy atom. The van der Waals surface area contributed by atoms with Crippen LogP contribution < -0.4 is 5.32 Å². The fraction of sp³-hybridized carbons (Fsp3) is 0.200. The Balaban J connectivity index is 2.06. The molecule has 2 aromatic carbocycles. The van der Waals surface area contributed by atoms with Gasteiger partial charge in [0.2, 0.25) is 0 Å². The third-order valence-electron chi connectivity index (χ3n) is 2.84. The van der Waals surface area contributed by atoms with Crippen LogP contribution in [0.2, 0.25) is 5.02 Å². The van der Waals surface area contributed by atoms with Gasteiger partial charge in [0.25, 0.3) is 0 Å². The lowest BCUT2D eigenvalue weighted by molar-refractivity contribution is 0.566. The molecular weight excluding hydrogens is 281 g/mol. The fourth-order valence-electron chi connectivity index (χ4n) is 1.82. The van der Waals surface area contributed by atoms with Crippen molar-refractivity contribution < 1.29 is 4.39 Å². The third kappa shape index (κ3) is 3.96. The molecule has 0 spiro atoms. The van der Waals surface area contributed by atoms with E-state index in [9.17, 15) is 4.39 Å². The van der Waals surface area contributed by atoms with Gasteiger partial charge in [-0.3, -0.25) is 0 Å².